The number of hydrazone groups is 1. The van der Waals surface area contributed by atoms with Gasteiger partial charge in [-0.2, -0.15) is 5.10 Å². The predicted molar refractivity (Wildman–Crippen MR) is 85.3 cm³/mol. The highest BCUT2D eigenvalue weighted by atomic mass is 16.3. The van der Waals surface area contributed by atoms with Gasteiger partial charge in [-0.05, 0) is 11.1 Å². The van der Waals surface area contributed by atoms with Gasteiger partial charge < -0.3 is 5.11 Å². The summed E-state index contributed by atoms with van der Waals surface area (Å²) in [6.45, 7) is 1.31. The molecule has 4 heteroatoms. The third kappa shape index (κ3) is 2.31. The van der Waals surface area contributed by atoms with Crippen LogP contribution in [0.4, 0.5) is 0 Å². The fraction of sp³-hybridized carbons (Fsp3) is 0.222. The summed E-state index contributed by atoms with van der Waals surface area (Å²) in [5, 5.41) is 16.0. The van der Waals surface area contributed by atoms with Gasteiger partial charge in [0.2, 0.25) is 5.91 Å². The monoisotopic (exact) mass is 294 g/mol. The van der Waals surface area contributed by atoms with Crippen molar-refractivity contribution < 1.29 is 9.90 Å². The summed E-state index contributed by atoms with van der Waals surface area (Å²) in [6, 6.07) is 19.3. The second-order valence-corrected chi connectivity index (χ2v) is 5.48. The molecule has 0 spiro atoms. The van der Waals surface area contributed by atoms with Crippen LogP contribution in [0.25, 0.3) is 0 Å². The SMILES string of the molecule is CC(=O)N1N=C(c2ccccc2)CC1(CO)c1ccccc1. The van der Waals surface area contributed by atoms with Crippen LogP contribution in [0.1, 0.15) is 24.5 Å². The number of hydrogen-bond acceptors (Lipinski definition) is 3. The molecule has 0 fully saturated rings. The molecule has 3 rings (SSSR count). The van der Waals surface area contributed by atoms with E-state index in [9.17, 15) is 9.90 Å². The molecule has 0 aliphatic carbocycles. The molecule has 0 saturated heterocycles. The smallest absolute Gasteiger partial charge is 0.240 e. The van der Waals surface area contributed by atoms with Crippen LogP contribution in [-0.4, -0.2) is 28.3 Å². The lowest BCUT2D eigenvalue weighted by Gasteiger charge is -2.34. The highest BCUT2D eigenvalue weighted by molar-refractivity contribution is 6.03. The highest BCUT2D eigenvalue weighted by Gasteiger charge is 2.46. The molecule has 1 atom stereocenters. The maximum absolute atomic E-state index is 12.1. The van der Waals surface area contributed by atoms with Crippen LogP contribution in [0.5, 0.6) is 0 Å². The Morgan fingerprint density at radius 1 is 1.14 bits per heavy atom. The first kappa shape index (κ1) is 14.5. The molecule has 1 heterocycles. The quantitative estimate of drug-likeness (QED) is 0.945. The minimum absolute atomic E-state index is 0.170. The third-order valence-corrected chi connectivity index (χ3v) is 4.06. The van der Waals surface area contributed by atoms with Gasteiger partial charge in [0.25, 0.3) is 0 Å². The lowest BCUT2D eigenvalue weighted by atomic mass is 9.84. The van der Waals surface area contributed by atoms with Crippen molar-refractivity contribution in [2.24, 2.45) is 5.10 Å². The molecule has 1 N–H and O–H groups in total. The predicted octanol–water partition coefficient (Wildman–Crippen LogP) is 2.53. The summed E-state index contributed by atoms with van der Waals surface area (Å²) in [7, 11) is 0. The average molecular weight is 294 g/mol. The molecular weight excluding hydrogens is 276 g/mol. The van der Waals surface area contributed by atoms with Gasteiger partial charge in [-0.15, -0.1) is 0 Å². The summed E-state index contributed by atoms with van der Waals surface area (Å²) in [6.07, 6.45) is 0.497. The molecule has 0 aromatic heterocycles. The number of carbonyl (C=O) groups is 1. The molecule has 0 saturated carbocycles. The summed E-state index contributed by atoms with van der Waals surface area (Å²) in [5.41, 5.74) is 1.86. The standard InChI is InChI=1S/C18H18N2O2/c1-14(22)20-18(13-21,16-10-6-3-7-11-16)12-17(19-20)15-8-4-2-5-9-15/h2-11,21H,12-13H2,1H3. The molecule has 112 valence electrons. The van der Waals surface area contributed by atoms with E-state index in [1.807, 2.05) is 60.7 Å². The van der Waals surface area contributed by atoms with Crippen LogP contribution in [0, 0.1) is 0 Å². The Bertz CT molecular complexity index is 698. The first-order valence-electron chi connectivity index (χ1n) is 7.27. The Kier molecular flexibility index (Phi) is 3.77. The van der Waals surface area contributed by atoms with Crippen LogP contribution < -0.4 is 0 Å². The molecule has 0 bridgehead atoms. The van der Waals surface area contributed by atoms with E-state index in [0.717, 1.165) is 16.8 Å². The van der Waals surface area contributed by atoms with Crippen molar-refractivity contribution in [2.45, 2.75) is 18.9 Å². The van der Waals surface area contributed by atoms with E-state index in [4.69, 9.17) is 0 Å². The Balaban J connectivity index is 2.07. The van der Waals surface area contributed by atoms with Gasteiger partial charge in [0.05, 0.1) is 12.3 Å². The number of aliphatic hydroxyl groups excluding tert-OH is 1. The second-order valence-electron chi connectivity index (χ2n) is 5.48. The third-order valence-electron chi connectivity index (χ3n) is 4.06. The van der Waals surface area contributed by atoms with Crippen molar-refractivity contribution >= 4 is 11.6 Å². The largest absolute Gasteiger partial charge is 0.393 e. The van der Waals surface area contributed by atoms with Gasteiger partial charge in [-0.25, -0.2) is 5.01 Å². The first-order valence-corrected chi connectivity index (χ1v) is 7.27. The zero-order valence-corrected chi connectivity index (χ0v) is 12.4. The number of hydrogen-bond donors (Lipinski definition) is 1. The summed E-state index contributed by atoms with van der Waals surface area (Å²) in [5.74, 6) is -0.177. The highest BCUT2D eigenvalue weighted by Crippen LogP contribution is 2.38. The fourth-order valence-electron chi connectivity index (χ4n) is 2.95. The van der Waals surface area contributed by atoms with Gasteiger partial charge in [-0.1, -0.05) is 60.7 Å². The van der Waals surface area contributed by atoms with Gasteiger partial charge >= 0.3 is 0 Å². The summed E-state index contributed by atoms with van der Waals surface area (Å²) < 4.78 is 0. The van der Waals surface area contributed by atoms with Crippen molar-refractivity contribution in [3.05, 3.63) is 71.8 Å². The van der Waals surface area contributed by atoms with E-state index < -0.39 is 5.54 Å². The molecule has 0 radical (unpaired) electrons. The van der Waals surface area contributed by atoms with E-state index in [1.54, 1.807) is 0 Å². The molecule has 2 aromatic carbocycles. The van der Waals surface area contributed by atoms with Gasteiger partial charge in [0.1, 0.15) is 5.54 Å². The Labute approximate surface area is 129 Å². The average Bonchev–Trinajstić information content (AvgIpc) is 2.98. The van der Waals surface area contributed by atoms with Crippen LogP contribution >= 0.6 is 0 Å². The van der Waals surface area contributed by atoms with Crippen molar-refractivity contribution in [2.75, 3.05) is 6.61 Å². The minimum Gasteiger partial charge on any atom is -0.393 e. The van der Waals surface area contributed by atoms with Crippen LogP contribution in [0.3, 0.4) is 0 Å². The van der Waals surface area contributed by atoms with E-state index >= 15 is 0 Å². The number of aliphatic hydroxyl groups is 1. The van der Waals surface area contributed by atoms with Gasteiger partial charge in [0, 0.05) is 13.3 Å². The fourth-order valence-corrected chi connectivity index (χ4v) is 2.95. The molecule has 22 heavy (non-hydrogen) atoms. The zero-order valence-electron chi connectivity index (χ0n) is 12.4. The van der Waals surface area contributed by atoms with Crippen molar-refractivity contribution in [1.29, 1.82) is 0 Å². The van der Waals surface area contributed by atoms with Crippen LogP contribution in [0.15, 0.2) is 65.8 Å². The van der Waals surface area contributed by atoms with E-state index in [-0.39, 0.29) is 12.5 Å². The molecule has 1 aliphatic heterocycles. The molecule has 2 aromatic rings. The van der Waals surface area contributed by atoms with Crippen molar-refractivity contribution in [3.63, 3.8) is 0 Å². The maximum Gasteiger partial charge on any atom is 0.240 e. The molecule has 1 amide bonds. The maximum atomic E-state index is 12.1. The summed E-state index contributed by atoms with van der Waals surface area (Å²) >= 11 is 0. The van der Waals surface area contributed by atoms with E-state index in [2.05, 4.69) is 5.10 Å². The number of rotatable bonds is 3. The number of benzene rings is 2. The summed E-state index contributed by atoms with van der Waals surface area (Å²) in [4.78, 5) is 12.1. The normalized spacial score (nSPS) is 20.8. The van der Waals surface area contributed by atoms with Crippen LogP contribution in [-0.2, 0) is 10.3 Å². The topological polar surface area (TPSA) is 52.9 Å². The lowest BCUT2D eigenvalue weighted by Crippen LogP contribution is -2.45. The van der Waals surface area contributed by atoms with Crippen molar-refractivity contribution in [3.8, 4) is 0 Å². The van der Waals surface area contributed by atoms with Gasteiger partial charge in [-0.3, -0.25) is 4.79 Å². The van der Waals surface area contributed by atoms with Crippen molar-refractivity contribution in [1.82, 2.24) is 5.01 Å². The Hall–Kier alpha value is -2.46. The molecular formula is C18H18N2O2. The van der Waals surface area contributed by atoms with E-state index in [1.165, 1.54) is 11.9 Å². The number of nitrogens with zero attached hydrogens (tertiary/aromatic N) is 2. The Morgan fingerprint density at radius 2 is 1.73 bits per heavy atom. The number of carbonyl (C=O) groups excluding carboxylic acids is 1. The zero-order chi connectivity index (χ0) is 15.6. The second kappa shape index (κ2) is 5.73. The molecule has 1 unspecified atom stereocenters. The first-order chi connectivity index (χ1) is 10.7. The Morgan fingerprint density at radius 3 is 2.27 bits per heavy atom. The number of amides is 1. The lowest BCUT2D eigenvalue weighted by molar-refractivity contribution is -0.136. The van der Waals surface area contributed by atoms with Gasteiger partial charge in [0.15, 0.2) is 0 Å². The van der Waals surface area contributed by atoms with Crippen LogP contribution in [0.2, 0.25) is 0 Å². The van der Waals surface area contributed by atoms with E-state index in [0.29, 0.717) is 6.42 Å². The molecule has 4 nitrogen and oxygen atoms in total. The minimum atomic E-state index is -0.821. The molecule has 1 aliphatic rings.